The van der Waals surface area contributed by atoms with E-state index in [1.54, 1.807) is 19.1 Å². The predicted octanol–water partition coefficient (Wildman–Crippen LogP) is 4.23. The number of hydrogen-bond acceptors (Lipinski definition) is 6. The maximum absolute atomic E-state index is 13.7. The fraction of sp³-hybridized carbons (Fsp3) is 0.500. The number of nitrogens with zero attached hydrogens (tertiary/aromatic N) is 2. The smallest absolute Gasteiger partial charge is 0.419 e. The van der Waals surface area contributed by atoms with Crippen molar-refractivity contribution in [3.8, 4) is 5.75 Å². The number of anilines is 2. The third kappa shape index (κ3) is 6.83. The number of ether oxygens (including phenoxy) is 1. The zero-order chi connectivity index (χ0) is 25.6. The molecule has 0 saturated heterocycles. The largest absolute Gasteiger partial charge is 0.495 e. The van der Waals surface area contributed by atoms with Crippen LogP contribution in [0.25, 0.3) is 0 Å². The Morgan fingerprint density at radius 1 is 1.20 bits per heavy atom. The zero-order valence-electron chi connectivity index (χ0n) is 20.0. The maximum Gasteiger partial charge on any atom is 0.419 e. The molecule has 3 N–H and O–H groups in total. The van der Waals surface area contributed by atoms with Crippen LogP contribution in [0, 0.1) is 5.92 Å². The summed E-state index contributed by atoms with van der Waals surface area (Å²) in [6, 6.07) is 4.48. The van der Waals surface area contributed by atoms with Crippen molar-refractivity contribution in [2.75, 3.05) is 19.0 Å². The van der Waals surface area contributed by atoms with Crippen LogP contribution < -0.4 is 20.7 Å². The Balaban J connectivity index is 1.90. The number of rotatable bonds is 8. The molecule has 190 valence electrons. The Bertz CT molecular complexity index is 1060. The van der Waals surface area contributed by atoms with Crippen molar-refractivity contribution in [2.45, 2.75) is 58.2 Å². The van der Waals surface area contributed by atoms with E-state index >= 15 is 0 Å². The molecule has 8 nitrogen and oxygen atoms in total. The average Bonchev–Trinajstić information content (AvgIpc) is 2.80. The standard InChI is InChI=1S/C24H30F3N5O3/c1-4-28-22(34)16-9-10-19(21(12-16)35-3)31-23-29-13-17(24(25,26)27)20(32-23)11-15-7-5-6-8-18(15)30-14(2)33/h9-10,12-13,15,18H,4-8,11H2,1-3H3,(H,28,34)(H,30,33)(H,29,31,32)/t15-,18+/m0/s1. The number of carbonyl (C=O) groups is 2. The van der Waals surface area contributed by atoms with E-state index in [1.165, 1.54) is 20.1 Å². The summed E-state index contributed by atoms with van der Waals surface area (Å²) in [6.45, 7) is 3.67. The van der Waals surface area contributed by atoms with E-state index in [-0.39, 0.29) is 41.8 Å². The van der Waals surface area contributed by atoms with Gasteiger partial charge in [0.05, 0.1) is 24.1 Å². The lowest BCUT2D eigenvalue weighted by molar-refractivity contribution is -0.139. The minimum Gasteiger partial charge on any atom is -0.495 e. The molecule has 0 unspecified atom stereocenters. The van der Waals surface area contributed by atoms with Crippen molar-refractivity contribution in [3.05, 3.63) is 41.2 Å². The number of benzene rings is 1. The van der Waals surface area contributed by atoms with Crippen LogP contribution in [-0.4, -0.2) is 41.5 Å². The number of carbonyl (C=O) groups excluding carboxylic acids is 2. The first-order valence-electron chi connectivity index (χ1n) is 11.6. The molecule has 2 atom stereocenters. The highest BCUT2D eigenvalue weighted by atomic mass is 19.4. The van der Waals surface area contributed by atoms with Crippen LogP contribution in [0.15, 0.2) is 24.4 Å². The van der Waals surface area contributed by atoms with E-state index in [0.29, 0.717) is 30.0 Å². The van der Waals surface area contributed by atoms with Gasteiger partial charge in [-0.1, -0.05) is 12.8 Å². The summed E-state index contributed by atoms with van der Waals surface area (Å²) in [5.74, 6) is -0.346. The van der Waals surface area contributed by atoms with E-state index in [9.17, 15) is 22.8 Å². The van der Waals surface area contributed by atoms with Crippen LogP contribution in [-0.2, 0) is 17.4 Å². The van der Waals surface area contributed by atoms with E-state index in [0.717, 1.165) is 25.5 Å². The topological polar surface area (TPSA) is 105 Å². The Hall–Kier alpha value is -3.37. The highest BCUT2D eigenvalue weighted by Crippen LogP contribution is 2.36. The molecule has 35 heavy (non-hydrogen) atoms. The highest BCUT2D eigenvalue weighted by molar-refractivity contribution is 5.95. The molecule has 1 aliphatic rings. The monoisotopic (exact) mass is 493 g/mol. The lowest BCUT2D eigenvalue weighted by Gasteiger charge is -2.32. The van der Waals surface area contributed by atoms with Gasteiger partial charge < -0.3 is 20.7 Å². The lowest BCUT2D eigenvalue weighted by Crippen LogP contribution is -2.42. The Morgan fingerprint density at radius 2 is 1.94 bits per heavy atom. The van der Waals surface area contributed by atoms with Gasteiger partial charge in [-0.2, -0.15) is 13.2 Å². The highest BCUT2D eigenvalue weighted by Gasteiger charge is 2.37. The average molecular weight is 494 g/mol. The van der Waals surface area contributed by atoms with Crippen LogP contribution in [0.4, 0.5) is 24.8 Å². The summed E-state index contributed by atoms with van der Waals surface area (Å²) < 4.78 is 46.6. The summed E-state index contributed by atoms with van der Waals surface area (Å²) >= 11 is 0. The molecule has 2 amide bonds. The SMILES string of the molecule is CCNC(=O)c1ccc(Nc2ncc(C(F)(F)F)c(C[C@@H]3CCCC[C@H]3NC(C)=O)n2)c(OC)c1. The zero-order valence-corrected chi connectivity index (χ0v) is 20.0. The van der Waals surface area contributed by atoms with Gasteiger partial charge in [-0.05, 0) is 50.3 Å². The molecule has 2 aromatic rings. The number of hydrogen-bond donors (Lipinski definition) is 3. The minimum atomic E-state index is -4.61. The van der Waals surface area contributed by atoms with Crippen LogP contribution in [0.3, 0.4) is 0 Å². The van der Waals surface area contributed by atoms with Gasteiger partial charge >= 0.3 is 6.18 Å². The lowest BCUT2D eigenvalue weighted by atomic mass is 9.81. The van der Waals surface area contributed by atoms with E-state index in [1.807, 2.05) is 0 Å². The second-order valence-corrected chi connectivity index (χ2v) is 8.51. The second kappa shape index (κ2) is 11.4. The predicted molar refractivity (Wildman–Crippen MR) is 125 cm³/mol. The quantitative estimate of drug-likeness (QED) is 0.508. The van der Waals surface area contributed by atoms with E-state index < -0.39 is 11.7 Å². The Morgan fingerprint density at radius 3 is 2.60 bits per heavy atom. The van der Waals surface area contributed by atoms with Crippen molar-refractivity contribution in [1.82, 2.24) is 20.6 Å². The minimum absolute atomic E-state index is 0.0241. The fourth-order valence-electron chi connectivity index (χ4n) is 4.34. The normalized spacial score (nSPS) is 18.0. The van der Waals surface area contributed by atoms with Gasteiger partial charge in [0.25, 0.3) is 5.91 Å². The summed E-state index contributed by atoms with van der Waals surface area (Å²) in [5.41, 5.74) is -0.242. The third-order valence-corrected chi connectivity index (χ3v) is 5.97. The molecule has 11 heteroatoms. The molecule has 1 heterocycles. The van der Waals surface area contributed by atoms with Gasteiger partial charge in [0, 0.05) is 31.3 Å². The molecule has 0 radical (unpaired) electrons. The van der Waals surface area contributed by atoms with Gasteiger partial charge in [0.15, 0.2) is 0 Å². The van der Waals surface area contributed by atoms with Gasteiger partial charge in [-0.25, -0.2) is 9.97 Å². The van der Waals surface area contributed by atoms with Crippen molar-refractivity contribution in [3.63, 3.8) is 0 Å². The number of alkyl halides is 3. The van der Waals surface area contributed by atoms with Gasteiger partial charge in [-0.15, -0.1) is 0 Å². The molecule has 1 aliphatic carbocycles. The maximum atomic E-state index is 13.7. The molecule has 3 rings (SSSR count). The first kappa shape index (κ1) is 26.2. The van der Waals surface area contributed by atoms with Gasteiger partial charge in [-0.3, -0.25) is 9.59 Å². The summed E-state index contributed by atoms with van der Waals surface area (Å²) in [5, 5.41) is 8.47. The summed E-state index contributed by atoms with van der Waals surface area (Å²) in [6.07, 6.45) is -0.566. The second-order valence-electron chi connectivity index (χ2n) is 8.51. The third-order valence-electron chi connectivity index (χ3n) is 5.97. The molecule has 1 aromatic carbocycles. The number of amides is 2. The van der Waals surface area contributed by atoms with Gasteiger partial charge in [0.1, 0.15) is 5.75 Å². The molecule has 0 spiro atoms. The fourth-order valence-corrected chi connectivity index (χ4v) is 4.34. The number of methoxy groups -OCH3 is 1. The Labute approximate surface area is 202 Å². The molecule has 1 aromatic heterocycles. The summed E-state index contributed by atoms with van der Waals surface area (Å²) in [7, 11) is 1.42. The van der Waals surface area contributed by atoms with Crippen LogP contribution in [0.1, 0.15) is 61.1 Å². The van der Waals surface area contributed by atoms with E-state index in [2.05, 4.69) is 25.9 Å². The first-order chi connectivity index (χ1) is 16.6. The summed E-state index contributed by atoms with van der Waals surface area (Å²) in [4.78, 5) is 31.8. The molecular formula is C24H30F3N5O3. The number of nitrogens with one attached hydrogen (secondary N) is 3. The molecular weight excluding hydrogens is 463 g/mol. The molecule has 0 bridgehead atoms. The van der Waals surface area contributed by atoms with Crippen molar-refractivity contribution >= 4 is 23.5 Å². The Kier molecular flexibility index (Phi) is 8.52. The van der Waals surface area contributed by atoms with E-state index in [4.69, 9.17) is 4.74 Å². The van der Waals surface area contributed by atoms with Crippen LogP contribution >= 0.6 is 0 Å². The van der Waals surface area contributed by atoms with Crippen molar-refractivity contribution in [2.24, 2.45) is 5.92 Å². The van der Waals surface area contributed by atoms with Crippen LogP contribution in [0.5, 0.6) is 5.75 Å². The number of aromatic nitrogens is 2. The number of halogens is 3. The molecule has 0 aliphatic heterocycles. The van der Waals surface area contributed by atoms with Crippen molar-refractivity contribution < 1.29 is 27.5 Å². The van der Waals surface area contributed by atoms with Crippen molar-refractivity contribution in [1.29, 1.82) is 0 Å². The van der Waals surface area contributed by atoms with Crippen LogP contribution in [0.2, 0.25) is 0 Å². The first-order valence-corrected chi connectivity index (χ1v) is 11.6. The molecule has 1 fully saturated rings. The van der Waals surface area contributed by atoms with Gasteiger partial charge in [0.2, 0.25) is 11.9 Å². The molecule has 1 saturated carbocycles.